The van der Waals surface area contributed by atoms with Crippen molar-refractivity contribution in [3.05, 3.63) is 29.8 Å². The van der Waals surface area contributed by atoms with Crippen LogP contribution in [-0.4, -0.2) is 49.5 Å². The third kappa shape index (κ3) is 3.95. The molecule has 7 heteroatoms. The first-order valence-corrected chi connectivity index (χ1v) is 6.58. The first-order chi connectivity index (χ1) is 10.1. The van der Waals surface area contributed by atoms with Gasteiger partial charge in [0.1, 0.15) is 5.75 Å². The number of carbonyl (C=O) groups excluding carboxylic acids is 3. The number of hydrogen-bond donors (Lipinski definition) is 2. The summed E-state index contributed by atoms with van der Waals surface area (Å²) < 4.78 is 5.04. The number of imide groups is 1. The molecule has 0 radical (unpaired) electrons. The molecule has 1 heterocycles. The van der Waals surface area contributed by atoms with Crippen LogP contribution in [0, 0.1) is 0 Å². The Hall–Kier alpha value is -2.57. The van der Waals surface area contributed by atoms with Crippen LogP contribution in [0.15, 0.2) is 24.3 Å². The number of hydrogen-bond acceptors (Lipinski definition) is 4. The molecule has 7 nitrogen and oxygen atoms in total. The van der Waals surface area contributed by atoms with Crippen molar-refractivity contribution < 1.29 is 19.1 Å². The Bertz CT molecular complexity index is 526. The van der Waals surface area contributed by atoms with E-state index in [1.54, 1.807) is 19.2 Å². The van der Waals surface area contributed by atoms with E-state index in [0.717, 1.165) is 16.2 Å². The molecular formula is C14H17N3O4. The van der Waals surface area contributed by atoms with E-state index in [-0.39, 0.29) is 37.9 Å². The first-order valence-electron chi connectivity index (χ1n) is 6.58. The molecule has 112 valence electrons. The minimum Gasteiger partial charge on any atom is -0.497 e. The van der Waals surface area contributed by atoms with Gasteiger partial charge in [-0.25, -0.2) is 4.79 Å². The van der Waals surface area contributed by atoms with Gasteiger partial charge in [0.05, 0.1) is 20.1 Å². The number of nitrogens with one attached hydrogen (secondary N) is 2. The van der Waals surface area contributed by atoms with Crippen molar-refractivity contribution in [2.45, 2.75) is 6.42 Å². The molecule has 0 spiro atoms. The van der Waals surface area contributed by atoms with E-state index < -0.39 is 6.03 Å². The van der Waals surface area contributed by atoms with Gasteiger partial charge in [0.2, 0.25) is 11.8 Å². The topological polar surface area (TPSA) is 87.7 Å². The zero-order valence-electron chi connectivity index (χ0n) is 11.7. The fourth-order valence-electron chi connectivity index (χ4n) is 1.98. The number of methoxy groups -OCH3 is 1. The van der Waals surface area contributed by atoms with Crippen molar-refractivity contribution >= 4 is 17.8 Å². The Labute approximate surface area is 122 Å². The quantitative estimate of drug-likeness (QED) is 0.717. The van der Waals surface area contributed by atoms with Gasteiger partial charge in [-0.2, -0.15) is 0 Å². The maximum Gasteiger partial charge on any atom is 0.324 e. The van der Waals surface area contributed by atoms with E-state index in [1.165, 1.54) is 0 Å². The second-order valence-electron chi connectivity index (χ2n) is 4.58. The van der Waals surface area contributed by atoms with Gasteiger partial charge in [-0.3, -0.25) is 14.5 Å². The zero-order valence-corrected chi connectivity index (χ0v) is 11.7. The van der Waals surface area contributed by atoms with Crippen molar-refractivity contribution in [3.8, 4) is 5.75 Å². The van der Waals surface area contributed by atoms with E-state index in [0.29, 0.717) is 0 Å². The molecule has 1 aliphatic rings. The summed E-state index contributed by atoms with van der Waals surface area (Å²) in [5.41, 5.74) is 0.864. The SMILES string of the molecule is COc1ccc(CC(=O)NCCN2C(=O)CNC2=O)cc1. The Morgan fingerprint density at radius 2 is 2.05 bits per heavy atom. The molecule has 0 aliphatic carbocycles. The highest BCUT2D eigenvalue weighted by atomic mass is 16.5. The molecule has 1 aromatic rings. The van der Waals surface area contributed by atoms with E-state index in [2.05, 4.69) is 10.6 Å². The van der Waals surface area contributed by atoms with E-state index in [9.17, 15) is 14.4 Å². The molecule has 0 saturated carbocycles. The predicted octanol–water partition coefficient (Wildman–Crippen LogP) is -0.0943. The third-order valence-electron chi connectivity index (χ3n) is 3.12. The molecule has 21 heavy (non-hydrogen) atoms. The van der Waals surface area contributed by atoms with Crippen LogP contribution in [0.5, 0.6) is 5.75 Å². The normalized spacial score (nSPS) is 14.0. The monoisotopic (exact) mass is 291 g/mol. The first kappa shape index (κ1) is 14.8. The average Bonchev–Trinajstić information content (AvgIpc) is 2.80. The Balaban J connectivity index is 1.74. The van der Waals surface area contributed by atoms with Crippen molar-refractivity contribution in [1.82, 2.24) is 15.5 Å². The largest absolute Gasteiger partial charge is 0.497 e. The summed E-state index contributed by atoms with van der Waals surface area (Å²) in [6.07, 6.45) is 0.240. The number of rotatable bonds is 6. The van der Waals surface area contributed by atoms with Crippen LogP contribution >= 0.6 is 0 Å². The predicted molar refractivity (Wildman–Crippen MR) is 74.8 cm³/mol. The van der Waals surface area contributed by atoms with Gasteiger partial charge in [-0.05, 0) is 17.7 Å². The van der Waals surface area contributed by atoms with Gasteiger partial charge in [0, 0.05) is 13.1 Å². The molecule has 2 rings (SSSR count). The summed E-state index contributed by atoms with van der Waals surface area (Å²) in [6, 6.07) is 6.79. The molecule has 0 unspecified atom stereocenters. The zero-order chi connectivity index (χ0) is 15.2. The summed E-state index contributed by atoms with van der Waals surface area (Å²) in [5, 5.41) is 5.10. The summed E-state index contributed by atoms with van der Waals surface area (Å²) in [5.74, 6) is 0.300. The van der Waals surface area contributed by atoms with Gasteiger partial charge < -0.3 is 15.4 Å². The van der Waals surface area contributed by atoms with Crippen LogP contribution in [0.1, 0.15) is 5.56 Å². The lowest BCUT2D eigenvalue weighted by Gasteiger charge is -2.12. The van der Waals surface area contributed by atoms with Gasteiger partial charge in [0.25, 0.3) is 0 Å². The van der Waals surface area contributed by atoms with Crippen molar-refractivity contribution in [2.75, 3.05) is 26.7 Å². The number of benzene rings is 1. The van der Waals surface area contributed by atoms with E-state index in [4.69, 9.17) is 4.74 Å². The second kappa shape index (κ2) is 6.74. The number of amides is 4. The summed E-state index contributed by atoms with van der Waals surface area (Å²) in [4.78, 5) is 35.5. The molecule has 1 fully saturated rings. The highest BCUT2D eigenvalue weighted by Gasteiger charge is 2.27. The molecule has 0 bridgehead atoms. The van der Waals surface area contributed by atoms with Crippen LogP contribution in [-0.2, 0) is 16.0 Å². The Kier molecular flexibility index (Phi) is 4.76. The maximum absolute atomic E-state index is 11.8. The van der Waals surface area contributed by atoms with Gasteiger partial charge >= 0.3 is 6.03 Å². The summed E-state index contributed by atoms with van der Waals surface area (Å²) in [6.45, 7) is 0.450. The highest BCUT2D eigenvalue weighted by molar-refractivity contribution is 6.01. The highest BCUT2D eigenvalue weighted by Crippen LogP contribution is 2.11. The summed E-state index contributed by atoms with van der Waals surface area (Å²) in [7, 11) is 1.58. The number of carbonyl (C=O) groups is 3. The molecule has 4 amide bonds. The number of urea groups is 1. The molecule has 0 atom stereocenters. The lowest BCUT2D eigenvalue weighted by atomic mass is 10.1. The van der Waals surface area contributed by atoms with Gasteiger partial charge in [-0.1, -0.05) is 12.1 Å². The van der Waals surface area contributed by atoms with Crippen LogP contribution < -0.4 is 15.4 Å². The molecule has 0 aromatic heterocycles. The van der Waals surface area contributed by atoms with Crippen LogP contribution in [0.3, 0.4) is 0 Å². The Morgan fingerprint density at radius 3 is 2.62 bits per heavy atom. The fraction of sp³-hybridized carbons (Fsp3) is 0.357. The average molecular weight is 291 g/mol. The van der Waals surface area contributed by atoms with Gasteiger partial charge in [-0.15, -0.1) is 0 Å². The standard InChI is InChI=1S/C14H17N3O4/c1-21-11-4-2-10(3-5-11)8-12(18)15-6-7-17-13(19)9-16-14(17)20/h2-5H,6-9H2,1H3,(H,15,18)(H,16,20). The third-order valence-corrected chi connectivity index (χ3v) is 3.12. The lowest BCUT2D eigenvalue weighted by Crippen LogP contribution is -2.39. The molecule has 1 saturated heterocycles. The second-order valence-corrected chi connectivity index (χ2v) is 4.58. The lowest BCUT2D eigenvalue weighted by molar-refractivity contribution is -0.125. The number of nitrogens with zero attached hydrogens (tertiary/aromatic N) is 1. The smallest absolute Gasteiger partial charge is 0.324 e. The maximum atomic E-state index is 11.8. The van der Waals surface area contributed by atoms with Crippen LogP contribution in [0.2, 0.25) is 0 Å². The fourth-order valence-corrected chi connectivity index (χ4v) is 1.98. The minimum atomic E-state index is -0.413. The summed E-state index contributed by atoms with van der Waals surface area (Å²) >= 11 is 0. The van der Waals surface area contributed by atoms with Gasteiger partial charge in [0.15, 0.2) is 0 Å². The van der Waals surface area contributed by atoms with Crippen molar-refractivity contribution in [2.24, 2.45) is 0 Å². The number of ether oxygens (including phenoxy) is 1. The Morgan fingerprint density at radius 1 is 1.33 bits per heavy atom. The van der Waals surface area contributed by atoms with Crippen LogP contribution in [0.4, 0.5) is 4.79 Å². The van der Waals surface area contributed by atoms with E-state index in [1.807, 2.05) is 12.1 Å². The van der Waals surface area contributed by atoms with E-state index >= 15 is 0 Å². The molecule has 1 aliphatic heterocycles. The van der Waals surface area contributed by atoms with Crippen molar-refractivity contribution in [1.29, 1.82) is 0 Å². The molecular weight excluding hydrogens is 274 g/mol. The molecule has 1 aromatic carbocycles. The molecule has 2 N–H and O–H groups in total. The van der Waals surface area contributed by atoms with Crippen LogP contribution in [0.25, 0.3) is 0 Å². The van der Waals surface area contributed by atoms with Crippen molar-refractivity contribution in [3.63, 3.8) is 0 Å². The minimum absolute atomic E-state index is 0.0264.